The van der Waals surface area contributed by atoms with Crippen LogP contribution in [0.4, 0.5) is 0 Å². The van der Waals surface area contributed by atoms with E-state index in [0.29, 0.717) is 45.4 Å². The van der Waals surface area contributed by atoms with E-state index >= 15 is 0 Å². The third-order valence-corrected chi connectivity index (χ3v) is 5.93. The van der Waals surface area contributed by atoms with E-state index < -0.39 is 11.9 Å². The van der Waals surface area contributed by atoms with Gasteiger partial charge < -0.3 is 19.6 Å². The first-order valence-electron chi connectivity index (χ1n) is 10.9. The Hall–Kier alpha value is -1.63. The van der Waals surface area contributed by atoms with E-state index in [0.717, 1.165) is 38.8 Å². The maximum Gasteiger partial charge on any atom is 0.309 e. The number of carboxylic acids is 1. The maximum atomic E-state index is 12.5. The fourth-order valence-corrected chi connectivity index (χ4v) is 4.43. The molecule has 2 heterocycles. The van der Waals surface area contributed by atoms with E-state index in [2.05, 4.69) is 13.8 Å². The van der Waals surface area contributed by atoms with Crippen molar-refractivity contribution in [3.05, 3.63) is 0 Å². The number of carboxylic acid groups (broad SMARTS) is 1. The van der Waals surface area contributed by atoms with Gasteiger partial charge in [-0.3, -0.25) is 14.4 Å². The standard InChI is InChI=1S/C21H36N2O5/c1-3-11-22(12-4-2)18(24)6-5-7-19(25)23-13-8-16(9-14-23)20-17(21(26)27)10-15-28-20/h16-17,20H,3-15H2,1-2H3,(H,26,27)/t17?,20-/m0/s1. The number of piperidine rings is 1. The second kappa shape index (κ2) is 11.4. The Labute approximate surface area is 168 Å². The zero-order valence-electron chi connectivity index (χ0n) is 17.4. The summed E-state index contributed by atoms with van der Waals surface area (Å²) < 4.78 is 5.69. The molecular formula is C21H36N2O5. The van der Waals surface area contributed by atoms with E-state index in [4.69, 9.17) is 4.74 Å². The molecule has 0 aliphatic carbocycles. The van der Waals surface area contributed by atoms with E-state index in [1.54, 1.807) is 0 Å². The first-order chi connectivity index (χ1) is 13.5. The zero-order chi connectivity index (χ0) is 20.5. The van der Waals surface area contributed by atoms with Gasteiger partial charge in [0.1, 0.15) is 0 Å². The van der Waals surface area contributed by atoms with Crippen LogP contribution in [-0.2, 0) is 19.1 Å². The molecule has 2 saturated heterocycles. The molecule has 0 spiro atoms. The van der Waals surface area contributed by atoms with Gasteiger partial charge in [-0.05, 0) is 44.4 Å². The number of nitrogens with zero attached hydrogens (tertiary/aromatic N) is 2. The van der Waals surface area contributed by atoms with Crippen molar-refractivity contribution >= 4 is 17.8 Å². The molecule has 28 heavy (non-hydrogen) atoms. The molecule has 2 atom stereocenters. The number of rotatable bonds is 10. The maximum absolute atomic E-state index is 12.5. The van der Waals surface area contributed by atoms with E-state index in [1.165, 1.54) is 0 Å². The van der Waals surface area contributed by atoms with Crippen LogP contribution in [-0.4, -0.2) is 71.6 Å². The molecule has 0 radical (unpaired) electrons. The number of hydrogen-bond donors (Lipinski definition) is 1. The third-order valence-electron chi connectivity index (χ3n) is 5.93. The van der Waals surface area contributed by atoms with Crippen molar-refractivity contribution in [2.45, 2.75) is 71.3 Å². The molecule has 1 unspecified atom stereocenters. The highest BCUT2D eigenvalue weighted by Crippen LogP contribution is 2.33. The van der Waals surface area contributed by atoms with Gasteiger partial charge in [0.05, 0.1) is 12.0 Å². The van der Waals surface area contributed by atoms with Gasteiger partial charge in [-0.25, -0.2) is 0 Å². The first kappa shape index (κ1) is 22.7. The van der Waals surface area contributed by atoms with Gasteiger partial charge in [0.2, 0.25) is 11.8 Å². The summed E-state index contributed by atoms with van der Waals surface area (Å²) in [4.78, 5) is 39.9. The Morgan fingerprint density at radius 1 is 1.04 bits per heavy atom. The molecule has 0 saturated carbocycles. The van der Waals surface area contributed by atoms with Gasteiger partial charge in [-0.15, -0.1) is 0 Å². The number of amides is 2. The van der Waals surface area contributed by atoms with Gasteiger partial charge in [0.25, 0.3) is 0 Å². The summed E-state index contributed by atoms with van der Waals surface area (Å²) in [5.41, 5.74) is 0. The first-order valence-corrected chi connectivity index (χ1v) is 10.9. The molecule has 7 heteroatoms. The van der Waals surface area contributed by atoms with Crippen molar-refractivity contribution < 1.29 is 24.2 Å². The minimum Gasteiger partial charge on any atom is -0.481 e. The molecule has 7 nitrogen and oxygen atoms in total. The Balaban J connectivity index is 1.70. The fourth-order valence-electron chi connectivity index (χ4n) is 4.43. The number of carbonyl (C=O) groups is 3. The van der Waals surface area contributed by atoms with E-state index in [-0.39, 0.29) is 23.8 Å². The molecule has 2 fully saturated rings. The van der Waals surface area contributed by atoms with E-state index in [1.807, 2.05) is 9.80 Å². The Morgan fingerprint density at radius 3 is 2.25 bits per heavy atom. The van der Waals surface area contributed by atoms with Gasteiger partial charge >= 0.3 is 5.97 Å². The summed E-state index contributed by atoms with van der Waals surface area (Å²) in [5.74, 6) is -0.719. The second-order valence-corrected chi connectivity index (χ2v) is 8.02. The summed E-state index contributed by atoms with van der Waals surface area (Å²) in [7, 11) is 0. The highest BCUT2D eigenvalue weighted by atomic mass is 16.5. The molecule has 0 bridgehead atoms. The van der Waals surface area contributed by atoms with Crippen molar-refractivity contribution in [3.63, 3.8) is 0 Å². The van der Waals surface area contributed by atoms with Crippen LogP contribution >= 0.6 is 0 Å². The van der Waals surface area contributed by atoms with Crippen molar-refractivity contribution in [2.24, 2.45) is 11.8 Å². The van der Waals surface area contributed by atoms with Crippen LogP contribution in [0.15, 0.2) is 0 Å². The predicted octanol–water partition coefficient (Wildman–Crippen LogP) is 2.53. The number of carbonyl (C=O) groups excluding carboxylic acids is 2. The number of ether oxygens (including phenoxy) is 1. The smallest absolute Gasteiger partial charge is 0.309 e. The largest absolute Gasteiger partial charge is 0.481 e. The predicted molar refractivity (Wildman–Crippen MR) is 106 cm³/mol. The molecule has 0 aromatic rings. The Morgan fingerprint density at radius 2 is 1.68 bits per heavy atom. The molecule has 2 rings (SSSR count). The monoisotopic (exact) mass is 396 g/mol. The average Bonchev–Trinajstić information content (AvgIpc) is 3.18. The highest BCUT2D eigenvalue weighted by molar-refractivity contribution is 5.79. The van der Waals surface area contributed by atoms with Crippen LogP contribution in [0.2, 0.25) is 0 Å². The molecular weight excluding hydrogens is 360 g/mol. The molecule has 2 aliphatic heterocycles. The van der Waals surface area contributed by atoms with Gasteiger partial charge in [0, 0.05) is 45.6 Å². The van der Waals surface area contributed by atoms with Crippen molar-refractivity contribution in [1.82, 2.24) is 9.80 Å². The Bertz CT molecular complexity index is 525. The third kappa shape index (κ3) is 6.19. The number of hydrogen-bond acceptors (Lipinski definition) is 4. The molecule has 0 aromatic carbocycles. The van der Waals surface area contributed by atoms with Crippen LogP contribution in [0.1, 0.15) is 65.2 Å². The summed E-state index contributed by atoms with van der Waals surface area (Å²) in [5, 5.41) is 9.33. The van der Waals surface area contributed by atoms with Crippen molar-refractivity contribution in [1.29, 1.82) is 0 Å². The van der Waals surface area contributed by atoms with E-state index in [9.17, 15) is 19.5 Å². The second-order valence-electron chi connectivity index (χ2n) is 8.02. The normalized spacial score (nSPS) is 23.0. The lowest BCUT2D eigenvalue weighted by Gasteiger charge is -2.35. The highest BCUT2D eigenvalue weighted by Gasteiger charge is 2.40. The topological polar surface area (TPSA) is 87.2 Å². The van der Waals surface area contributed by atoms with Crippen LogP contribution in [0.25, 0.3) is 0 Å². The van der Waals surface area contributed by atoms with Gasteiger partial charge in [0.15, 0.2) is 0 Å². The lowest BCUT2D eigenvalue weighted by atomic mass is 9.84. The average molecular weight is 397 g/mol. The van der Waals surface area contributed by atoms with Gasteiger partial charge in [-0.2, -0.15) is 0 Å². The van der Waals surface area contributed by atoms with Gasteiger partial charge in [-0.1, -0.05) is 13.8 Å². The molecule has 160 valence electrons. The minimum absolute atomic E-state index is 0.103. The molecule has 0 aromatic heterocycles. The number of aliphatic carboxylic acids is 1. The SMILES string of the molecule is CCCN(CCC)C(=O)CCCC(=O)N1CCC([C@@H]2OCCC2C(=O)O)CC1. The quantitative estimate of drug-likeness (QED) is 0.613. The van der Waals surface area contributed by atoms with Crippen LogP contribution in [0, 0.1) is 11.8 Å². The van der Waals surface area contributed by atoms with Crippen molar-refractivity contribution in [2.75, 3.05) is 32.8 Å². The summed E-state index contributed by atoms with van der Waals surface area (Å²) in [6, 6.07) is 0. The van der Waals surface area contributed by atoms with Crippen LogP contribution < -0.4 is 0 Å². The summed E-state index contributed by atoms with van der Waals surface area (Å²) in [6.07, 6.45) is 5.28. The van der Waals surface area contributed by atoms with Crippen molar-refractivity contribution in [3.8, 4) is 0 Å². The summed E-state index contributed by atoms with van der Waals surface area (Å²) >= 11 is 0. The summed E-state index contributed by atoms with van der Waals surface area (Å²) in [6.45, 7) is 7.53. The zero-order valence-corrected chi connectivity index (χ0v) is 17.4. The number of likely N-dealkylation sites (tertiary alicyclic amines) is 1. The fraction of sp³-hybridized carbons (Fsp3) is 0.857. The molecule has 2 amide bonds. The lowest BCUT2D eigenvalue weighted by Crippen LogP contribution is -2.43. The minimum atomic E-state index is -0.772. The van der Waals surface area contributed by atoms with Crippen LogP contribution in [0.5, 0.6) is 0 Å². The Kier molecular flexibility index (Phi) is 9.22. The lowest BCUT2D eigenvalue weighted by molar-refractivity contribution is -0.146. The van der Waals surface area contributed by atoms with Crippen LogP contribution in [0.3, 0.4) is 0 Å². The molecule has 2 aliphatic rings. The molecule has 1 N–H and O–H groups in total.